The lowest BCUT2D eigenvalue weighted by Crippen LogP contribution is -2.32. The van der Waals surface area contributed by atoms with E-state index < -0.39 is 0 Å². The fraction of sp³-hybridized carbons (Fsp3) is 0.261. The normalized spacial score (nSPS) is 18.8. The van der Waals surface area contributed by atoms with Gasteiger partial charge in [-0.15, -0.1) is 0 Å². The van der Waals surface area contributed by atoms with Gasteiger partial charge in [0.25, 0.3) is 0 Å². The second kappa shape index (κ2) is 7.62. The van der Waals surface area contributed by atoms with E-state index in [1.807, 2.05) is 36.5 Å². The van der Waals surface area contributed by atoms with Crippen LogP contribution < -0.4 is 0 Å². The summed E-state index contributed by atoms with van der Waals surface area (Å²) in [6.07, 6.45) is 6.01. The van der Waals surface area contributed by atoms with Gasteiger partial charge in [-0.3, -0.25) is 14.5 Å². The minimum Gasteiger partial charge on any atom is -0.336 e. The summed E-state index contributed by atoms with van der Waals surface area (Å²) in [6, 6.07) is 10.4. The molecule has 3 heterocycles. The number of aryl methyl sites for hydroxylation is 1. The van der Waals surface area contributed by atoms with Gasteiger partial charge in [0.2, 0.25) is 5.91 Å². The molecule has 0 radical (unpaired) electrons. The van der Waals surface area contributed by atoms with Crippen molar-refractivity contribution in [3.05, 3.63) is 72.8 Å². The number of nitrogens with zero attached hydrogens (tertiary/aromatic N) is 4. The Bertz CT molecular complexity index is 1060. The van der Waals surface area contributed by atoms with Gasteiger partial charge < -0.3 is 4.90 Å². The number of carbonyl (C=O) groups excluding carboxylic acids is 1. The van der Waals surface area contributed by atoms with E-state index in [-0.39, 0.29) is 23.7 Å². The lowest BCUT2D eigenvalue weighted by molar-refractivity contribution is -0.126. The molecule has 29 heavy (non-hydrogen) atoms. The molecule has 1 aromatic carbocycles. The summed E-state index contributed by atoms with van der Waals surface area (Å²) in [4.78, 5) is 18.7. The van der Waals surface area contributed by atoms with Crippen molar-refractivity contribution >= 4 is 5.91 Å². The Morgan fingerprint density at radius 2 is 2.00 bits per heavy atom. The molecule has 148 valence electrons. The Hall–Kier alpha value is -3.28. The first-order valence-corrected chi connectivity index (χ1v) is 9.65. The zero-order valence-corrected chi connectivity index (χ0v) is 16.5. The van der Waals surface area contributed by atoms with Crippen LogP contribution in [0.5, 0.6) is 0 Å². The number of benzene rings is 1. The average molecular weight is 390 g/mol. The molecule has 1 fully saturated rings. The molecule has 6 heteroatoms. The lowest BCUT2D eigenvalue weighted by Gasteiger charge is -2.19. The summed E-state index contributed by atoms with van der Waals surface area (Å²) >= 11 is 0. The van der Waals surface area contributed by atoms with Gasteiger partial charge in [-0.25, -0.2) is 4.39 Å². The largest absolute Gasteiger partial charge is 0.336 e. The molecule has 0 spiro atoms. The van der Waals surface area contributed by atoms with Crippen LogP contribution in [0.25, 0.3) is 22.5 Å². The first kappa shape index (κ1) is 19.1. The molecular weight excluding hydrogens is 367 g/mol. The van der Waals surface area contributed by atoms with E-state index in [4.69, 9.17) is 0 Å². The molecule has 2 aromatic heterocycles. The smallest absolute Gasteiger partial charge is 0.246 e. The predicted octanol–water partition coefficient (Wildman–Crippen LogP) is 4.18. The molecule has 5 nitrogen and oxygen atoms in total. The van der Waals surface area contributed by atoms with Gasteiger partial charge in [-0.2, -0.15) is 5.10 Å². The number of hydrogen-bond acceptors (Lipinski definition) is 3. The summed E-state index contributed by atoms with van der Waals surface area (Å²) in [5.74, 6) is -0.154. The fourth-order valence-electron chi connectivity index (χ4n) is 4.03. The molecule has 0 unspecified atom stereocenters. The van der Waals surface area contributed by atoms with E-state index in [9.17, 15) is 9.18 Å². The van der Waals surface area contributed by atoms with Crippen LogP contribution in [0.2, 0.25) is 0 Å². The van der Waals surface area contributed by atoms with E-state index >= 15 is 0 Å². The maximum absolute atomic E-state index is 13.3. The summed E-state index contributed by atoms with van der Waals surface area (Å²) in [5, 5.41) is 4.58. The van der Waals surface area contributed by atoms with Gasteiger partial charge in [0.15, 0.2) is 0 Å². The molecule has 0 saturated carbocycles. The second-order valence-corrected chi connectivity index (χ2v) is 7.51. The quantitative estimate of drug-likeness (QED) is 0.628. The van der Waals surface area contributed by atoms with Crippen molar-refractivity contribution in [2.45, 2.75) is 25.3 Å². The van der Waals surface area contributed by atoms with E-state index in [1.165, 1.54) is 18.2 Å². The molecule has 0 N–H and O–H groups in total. The summed E-state index contributed by atoms with van der Waals surface area (Å²) in [6.45, 7) is 6.30. The van der Waals surface area contributed by atoms with E-state index in [1.54, 1.807) is 16.8 Å². The highest BCUT2D eigenvalue weighted by Crippen LogP contribution is 2.38. The average Bonchev–Trinajstić information content (AvgIpc) is 3.33. The van der Waals surface area contributed by atoms with Crippen molar-refractivity contribution in [1.29, 1.82) is 0 Å². The molecule has 0 bridgehead atoms. The van der Waals surface area contributed by atoms with Crippen molar-refractivity contribution in [2.75, 3.05) is 6.54 Å². The number of carbonyl (C=O) groups is 1. The predicted molar refractivity (Wildman–Crippen MR) is 111 cm³/mol. The number of halogens is 1. The van der Waals surface area contributed by atoms with Crippen LogP contribution in [0.3, 0.4) is 0 Å². The first-order valence-electron chi connectivity index (χ1n) is 9.65. The van der Waals surface area contributed by atoms with Crippen LogP contribution in [0.15, 0.2) is 61.4 Å². The zero-order valence-electron chi connectivity index (χ0n) is 16.5. The van der Waals surface area contributed by atoms with Crippen molar-refractivity contribution in [2.24, 2.45) is 7.05 Å². The van der Waals surface area contributed by atoms with E-state index in [2.05, 4.69) is 23.6 Å². The Kier molecular flexibility index (Phi) is 5.01. The van der Waals surface area contributed by atoms with Gasteiger partial charge in [0.05, 0.1) is 11.4 Å². The minimum absolute atomic E-state index is 0.0460. The van der Waals surface area contributed by atoms with Gasteiger partial charge in [0, 0.05) is 49.1 Å². The topological polar surface area (TPSA) is 51.0 Å². The van der Waals surface area contributed by atoms with Gasteiger partial charge in [-0.1, -0.05) is 6.58 Å². The maximum atomic E-state index is 13.3. The highest BCUT2D eigenvalue weighted by molar-refractivity contribution is 5.87. The van der Waals surface area contributed by atoms with E-state index in [0.29, 0.717) is 6.54 Å². The molecule has 1 saturated heterocycles. The Balaban J connectivity index is 1.76. The molecule has 0 aliphatic carbocycles. The lowest BCUT2D eigenvalue weighted by atomic mass is 9.91. The third-order valence-corrected chi connectivity index (χ3v) is 5.54. The monoisotopic (exact) mass is 390 g/mol. The Morgan fingerprint density at radius 1 is 1.24 bits per heavy atom. The molecular formula is C23H23FN4O. The van der Waals surface area contributed by atoms with Gasteiger partial charge in [-0.05, 0) is 61.4 Å². The van der Waals surface area contributed by atoms with Crippen molar-refractivity contribution in [1.82, 2.24) is 19.7 Å². The van der Waals surface area contributed by atoms with E-state index in [0.717, 1.165) is 34.5 Å². The number of rotatable bonds is 4. The number of hydrogen-bond donors (Lipinski definition) is 0. The number of amides is 1. The van der Waals surface area contributed by atoms with Crippen LogP contribution >= 0.6 is 0 Å². The molecule has 2 atom stereocenters. The van der Waals surface area contributed by atoms with Crippen LogP contribution in [0, 0.1) is 5.82 Å². The van der Waals surface area contributed by atoms with Crippen molar-refractivity contribution < 1.29 is 9.18 Å². The van der Waals surface area contributed by atoms with Crippen LogP contribution in [0.1, 0.15) is 24.8 Å². The molecule has 1 aliphatic heterocycles. The van der Waals surface area contributed by atoms with Crippen molar-refractivity contribution in [3.8, 4) is 22.5 Å². The second-order valence-electron chi connectivity index (χ2n) is 7.51. The number of pyridine rings is 1. The van der Waals surface area contributed by atoms with Crippen LogP contribution in [-0.2, 0) is 11.8 Å². The zero-order chi connectivity index (χ0) is 20.5. The summed E-state index contributed by atoms with van der Waals surface area (Å²) in [7, 11) is 1.88. The van der Waals surface area contributed by atoms with Gasteiger partial charge >= 0.3 is 0 Å². The van der Waals surface area contributed by atoms with Crippen LogP contribution in [0.4, 0.5) is 4.39 Å². The SMILES string of the molecule is C=CC(=O)N1C[C@H](c2cnc(-c3ccc(F)cc3)cc2-c2ccn(C)n2)C[C@@H]1C. The van der Waals surface area contributed by atoms with Crippen molar-refractivity contribution in [3.63, 3.8) is 0 Å². The minimum atomic E-state index is -0.276. The number of aromatic nitrogens is 3. The molecule has 1 amide bonds. The molecule has 4 rings (SSSR count). The third kappa shape index (κ3) is 3.70. The Labute approximate surface area is 169 Å². The highest BCUT2D eigenvalue weighted by Gasteiger charge is 2.34. The highest BCUT2D eigenvalue weighted by atomic mass is 19.1. The molecule has 1 aliphatic rings. The number of likely N-dealkylation sites (tertiary alicyclic amines) is 1. The maximum Gasteiger partial charge on any atom is 0.246 e. The summed E-state index contributed by atoms with van der Waals surface area (Å²) in [5.41, 5.74) is 4.53. The third-order valence-electron chi connectivity index (χ3n) is 5.54. The summed E-state index contributed by atoms with van der Waals surface area (Å²) < 4.78 is 15.1. The first-order chi connectivity index (χ1) is 14.0. The fourth-order valence-corrected chi connectivity index (χ4v) is 4.03. The van der Waals surface area contributed by atoms with Crippen LogP contribution in [-0.4, -0.2) is 38.2 Å². The Morgan fingerprint density at radius 3 is 2.66 bits per heavy atom. The van der Waals surface area contributed by atoms with Gasteiger partial charge in [0.1, 0.15) is 5.82 Å². The standard InChI is InChI=1S/C23H23FN4O/c1-4-23(29)28-14-17(11-15(28)2)20-13-25-22(16-5-7-18(24)8-6-16)12-19(20)21-9-10-27(3)26-21/h4-10,12-13,15,17H,1,11,14H2,2-3H3/t15-,17+/m0/s1. The molecule has 3 aromatic rings.